The maximum Gasteiger partial charge on any atom is 0.228 e. The molecule has 3 aromatic rings. The van der Waals surface area contributed by atoms with Crippen molar-refractivity contribution >= 4 is 27.7 Å². The number of nitrogens with one attached hydrogen (secondary N) is 1. The highest BCUT2D eigenvalue weighted by molar-refractivity contribution is 9.10. The van der Waals surface area contributed by atoms with E-state index in [0.717, 1.165) is 47.1 Å². The molecular weight excluding hydrogens is 402 g/mol. The van der Waals surface area contributed by atoms with Gasteiger partial charge in [-0.2, -0.15) is 5.10 Å². The summed E-state index contributed by atoms with van der Waals surface area (Å²) in [6, 6.07) is 19.9. The molecular formula is C22H22BrN3O. The molecule has 4 nitrogen and oxygen atoms in total. The number of benzene rings is 2. The Hall–Kier alpha value is -2.40. The van der Waals surface area contributed by atoms with Crippen LogP contribution in [0.1, 0.15) is 32.1 Å². The molecule has 0 unspecified atom stereocenters. The molecule has 0 saturated heterocycles. The largest absolute Gasteiger partial charge is 0.310 e. The minimum absolute atomic E-state index is 0.104. The van der Waals surface area contributed by atoms with Gasteiger partial charge in [-0.3, -0.25) is 4.79 Å². The van der Waals surface area contributed by atoms with E-state index in [1.165, 1.54) is 6.42 Å². The first-order valence-corrected chi connectivity index (χ1v) is 10.2. The van der Waals surface area contributed by atoms with Crippen molar-refractivity contribution in [3.05, 3.63) is 65.1 Å². The van der Waals surface area contributed by atoms with Gasteiger partial charge >= 0.3 is 0 Å². The molecule has 1 saturated carbocycles. The molecule has 1 aromatic heterocycles. The van der Waals surface area contributed by atoms with Crippen LogP contribution in [0.5, 0.6) is 0 Å². The van der Waals surface area contributed by atoms with E-state index in [1.54, 1.807) is 0 Å². The van der Waals surface area contributed by atoms with Gasteiger partial charge in [0.25, 0.3) is 0 Å². The molecule has 0 radical (unpaired) electrons. The average molecular weight is 424 g/mol. The van der Waals surface area contributed by atoms with E-state index in [2.05, 4.69) is 21.2 Å². The lowest BCUT2D eigenvalue weighted by Gasteiger charge is -2.20. The molecule has 27 heavy (non-hydrogen) atoms. The van der Waals surface area contributed by atoms with Gasteiger partial charge in [0, 0.05) is 22.0 Å². The standard InChI is InChI=1S/C22H22BrN3O/c23-18-11-7-10-17(14-18)20-15-21(24-22(27)16-8-3-1-4-9-16)26(25-20)19-12-5-2-6-13-19/h2,5-7,10-16H,1,3-4,8-9H2,(H,24,27). The summed E-state index contributed by atoms with van der Waals surface area (Å²) in [4.78, 5) is 12.8. The van der Waals surface area contributed by atoms with Crippen LogP contribution < -0.4 is 5.32 Å². The molecule has 0 aliphatic heterocycles. The Bertz CT molecular complexity index is 930. The van der Waals surface area contributed by atoms with Crippen molar-refractivity contribution in [2.45, 2.75) is 32.1 Å². The fourth-order valence-electron chi connectivity index (χ4n) is 3.62. The number of anilines is 1. The molecule has 1 heterocycles. The Morgan fingerprint density at radius 3 is 2.52 bits per heavy atom. The molecule has 1 amide bonds. The minimum atomic E-state index is 0.104. The van der Waals surface area contributed by atoms with Crippen molar-refractivity contribution in [3.8, 4) is 16.9 Å². The molecule has 1 aliphatic rings. The molecule has 138 valence electrons. The molecule has 2 aromatic carbocycles. The second-order valence-electron chi connectivity index (χ2n) is 7.00. The Labute approximate surface area is 167 Å². The molecule has 1 N–H and O–H groups in total. The number of aromatic nitrogens is 2. The van der Waals surface area contributed by atoms with Crippen molar-refractivity contribution in [1.29, 1.82) is 0 Å². The summed E-state index contributed by atoms with van der Waals surface area (Å²) in [6.45, 7) is 0. The Morgan fingerprint density at radius 1 is 1.00 bits per heavy atom. The fourth-order valence-corrected chi connectivity index (χ4v) is 4.02. The Kier molecular flexibility index (Phi) is 5.39. The molecule has 0 bridgehead atoms. The van der Waals surface area contributed by atoms with Crippen molar-refractivity contribution in [2.75, 3.05) is 5.32 Å². The average Bonchev–Trinajstić information content (AvgIpc) is 3.13. The van der Waals surface area contributed by atoms with E-state index in [1.807, 2.05) is 65.3 Å². The lowest BCUT2D eigenvalue weighted by molar-refractivity contribution is -0.120. The van der Waals surface area contributed by atoms with Crippen LogP contribution in [-0.2, 0) is 4.79 Å². The van der Waals surface area contributed by atoms with Crippen molar-refractivity contribution in [1.82, 2.24) is 9.78 Å². The van der Waals surface area contributed by atoms with Crippen molar-refractivity contribution in [3.63, 3.8) is 0 Å². The second kappa shape index (κ2) is 8.09. The van der Waals surface area contributed by atoms with Crippen LogP contribution >= 0.6 is 15.9 Å². The van der Waals surface area contributed by atoms with Crippen LogP contribution in [-0.4, -0.2) is 15.7 Å². The normalized spacial score (nSPS) is 14.9. The van der Waals surface area contributed by atoms with E-state index in [9.17, 15) is 4.79 Å². The van der Waals surface area contributed by atoms with Gasteiger partial charge in [0.15, 0.2) is 0 Å². The number of carbonyl (C=O) groups is 1. The predicted octanol–water partition coefficient (Wildman–Crippen LogP) is 5.82. The summed E-state index contributed by atoms with van der Waals surface area (Å²) >= 11 is 3.52. The molecule has 4 rings (SSSR count). The summed E-state index contributed by atoms with van der Waals surface area (Å²) < 4.78 is 2.82. The van der Waals surface area contributed by atoms with Gasteiger partial charge in [-0.25, -0.2) is 4.68 Å². The number of hydrogen-bond donors (Lipinski definition) is 1. The van der Waals surface area contributed by atoms with E-state index in [4.69, 9.17) is 5.10 Å². The number of carbonyl (C=O) groups excluding carboxylic acids is 1. The summed E-state index contributed by atoms with van der Waals surface area (Å²) in [6.07, 6.45) is 5.46. The van der Waals surface area contributed by atoms with Crippen LogP contribution in [0, 0.1) is 5.92 Å². The topological polar surface area (TPSA) is 46.9 Å². The first-order chi connectivity index (χ1) is 13.2. The smallest absolute Gasteiger partial charge is 0.228 e. The lowest BCUT2D eigenvalue weighted by Crippen LogP contribution is -2.25. The highest BCUT2D eigenvalue weighted by Gasteiger charge is 2.23. The molecule has 1 fully saturated rings. The van der Waals surface area contributed by atoms with Crippen LogP contribution in [0.2, 0.25) is 0 Å². The summed E-state index contributed by atoms with van der Waals surface area (Å²) in [5.41, 5.74) is 2.77. The van der Waals surface area contributed by atoms with Crippen molar-refractivity contribution < 1.29 is 4.79 Å². The number of hydrogen-bond acceptors (Lipinski definition) is 2. The van der Waals surface area contributed by atoms with Crippen LogP contribution in [0.25, 0.3) is 16.9 Å². The molecule has 0 spiro atoms. The van der Waals surface area contributed by atoms with E-state index in [-0.39, 0.29) is 11.8 Å². The molecule has 0 atom stereocenters. The van der Waals surface area contributed by atoms with Gasteiger partial charge in [0.05, 0.1) is 11.4 Å². The highest BCUT2D eigenvalue weighted by Crippen LogP contribution is 2.29. The molecule has 5 heteroatoms. The number of amides is 1. The highest BCUT2D eigenvalue weighted by atomic mass is 79.9. The summed E-state index contributed by atoms with van der Waals surface area (Å²) in [5, 5.41) is 7.90. The summed E-state index contributed by atoms with van der Waals surface area (Å²) in [5.74, 6) is 0.923. The number of nitrogens with zero attached hydrogens (tertiary/aromatic N) is 2. The van der Waals surface area contributed by atoms with Gasteiger partial charge in [0.1, 0.15) is 5.82 Å². The van der Waals surface area contributed by atoms with Gasteiger partial charge in [0.2, 0.25) is 5.91 Å². The Balaban J connectivity index is 1.69. The maximum absolute atomic E-state index is 12.8. The van der Waals surface area contributed by atoms with E-state index in [0.29, 0.717) is 5.82 Å². The zero-order valence-corrected chi connectivity index (χ0v) is 16.7. The lowest BCUT2D eigenvalue weighted by atomic mass is 9.89. The monoisotopic (exact) mass is 423 g/mol. The maximum atomic E-state index is 12.8. The number of para-hydroxylation sites is 1. The first kappa shape index (κ1) is 18.0. The fraction of sp³-hybridized carbons (Fsp3) is 0.273. The number of rotatable bonds is 4. The third kappa shape index (κ3) is 4.14. The quantitative estimate of drug-likeness (QED) is 0.574. The van der Waals surface area contributed by atoms with Crippen LogP contribution in [0.15, 0.2) is 65.1 Å². The van der Waals surface area contributed by atoms with Crippen LogP contribution in [0.3, 0.4) is 0 Å². The van der Waals surface area contributed by atoms with Gasteiger partial charge < -0.3 is 5.32 Å². The van der Waals surface area contributed by atoms with Gasteiger partial charge in [-0.15, -0.1) is 0 Å². The van der Waals surface area contributed by atoms with Gasteiger partial charge in [-0.05, 0) is 37.1 Å². The molecule has 1 aliphatic carbocycles. The minimum Gasteiger partial charge on any atom is -0.310 e. The van der Waals surface area contributed by atoms with E-state index < -0.39 is 0 Å². The SMILES string of the molecule is O=C(Nc1cc(-c2cccc(Br)c2)nn1-c1ccccc1)C1CCCCC1. The zero-order chi connectivity index (χ0) is 18.6. The third-order valence-corrected chi connectivity index (χ3v) is 5.55. The summed E-state index contributed by atoms with van der Waals surface area (Å²) in [7, 11) is 0. The van der Waals surface area contributed by atoms with E-state index >= 15 is 0 Å². The Morgan fingerprint density at radius 2 is 1.78 bits per heavy atom. The third-order valence-electron chi connectivity index (χ3n) is 5.06. The van der Waals surface area contributed by atoms with Crippen molar-refractivity contribution in [2.24, 2.45) is 5.92 Å². The number of halogens is 1. The zero-order valence-electron chi connectivity index (χ0n) is 15.1. The predicted molar refractivity (Wildman–Crippen MR) is 112 cm³/mol. The van der Waals surface area contributed by atoms with Gasteiger partial charge in [-0.1, -0.05) is 65.5 Å². The van der Waals surface area contributed by atoms with Crippen LogP contribution in [0.4, 0.5) is 5.82 Å². The first-order valence-electron chi connectivity index (χ1n) is 9.43. The second-order valence-corrected chi connectivity index (χ2v) is 7.91.